The second-order valence-corrected chi connectivity index (χ2v) is 13.7. The van der Waals surface area contributed by atoms with E-state index >= 15 is 0 Å². The van der Waals surface area contributed by atoms with Crippen LogP contribution in [0, 0.1) is 0 Å². The second kappa shape index (κ2) is 9.24. The number of hydrogen-bond acceptors (Lipinski definition) is 5. The lowest BCUT2D eigenvalue weighted by Crippen LogP contribution is -2.65. The summed E-state index contributed by atoms with van der Waals surface area (Å²) in [5.74, 6) is 0.218. The molecule has 2 heterocycles. The van der Waals surface area contributed by atoms with E-state index in [1.807, 2.05) is 0 Å². The van der Waals surface area contributed by atoms with E-state index in [1.54, 1.807) is 0 Å². The molecule has 0 aliphatic carbocycles. The van der Waals surface area contributed by atoms with Crippen LogP contribution in [0.15, 0.2) is 4.79 Å². The van der Waals surface area contributed by atoms with Gasteiger partial charge in [0.25, 0.3) is 10.8 Å². The van der Waals surface area contributed by atoms with E-state index in [-0.39, 0.29) is 45.4 Å². The number of anilines is 1. The Morgan fingerprint density at radius 1 is 0.853 bits per heavy atom. The molecule has 0 spiro atoms. The molecule has 1 aromatic rings. The Morgan fingerprint density at radius 2 is 1.32 bits per heavy atom. The molecule has 34 heavy (non-hydrogen) atoms. The summed E-state index contributed by atoms with van der Waals surface area (Å²) in [5, 5.41) is 19.5. The van der Waals surface area contributed by atoms with Crippen LogP contribution in [0.3, 0.4) is 0 Å². The van der Waals surface area contributed by atoms with Crippen molar-refractivity contribution in [2.24, 2.45) is 0 Å². The quantitative estimate of drug-likeness (QED) is 0.526. The van der Waals surface area contributed by atoms with E-state index in [4.69, 9.17) is 0 Å². The molecule has 6 heteroatoms. The number of piperidine rings is 2. The van der Waals surface area contributed by atoms with Crippen LogP contribution in [0.4, 0.5) is 5.69 Å². The van der Waals surface area contributed by atoms with Gasteiger partial charge in [-0.1, -0.05) is 13.8 Å². The van der Waals surface area contributed by atoms with Crippen molar-refractivity contribution in [3.63, 3.8) is 0 Å². The highest BCUT2D eigenvalue weighted by molar-refractivity contribution is 5.63. The Morgan fingerprint density at radius 3 is 1.74 bits per heavy atom. The van der Waals surface area contributed by atoms with E-state index < -0.39 is 0 Å². The predicted octanol–water partition coefficient (Wildman–Crippen LogP) is 3.65. The molecule has 0 bridgehead atoms. The van der Waals surface area contributed by atoms with Gasteiger partial charge < -0.3 is 20.6 Å². The Balaban J connectivity index is 2.06. The summed E-state index contributed by atoms with van der Waals surface area (Å²) in [6, 6.07) is 0.454. The highest BCUT2D eigenvalue weighted by Gasteiger charge is 2.46. The summed E-state index contributed by atoms with van der Waals surface area (Å²) in [6.45, 7) is 23.8. The van der Waals surface area contributed by atoms with E-state index in [2.05, 4.69) is 89.3 Å². The van der Waals surface area contributed by atoms with Crippen LogP contribution >= 0.6 is 0 Å². The maximum atomic E-state index is 13.8. The standard InChI is InChI=1S/C28H50N4O2/c1-11-13-31(19-15-25(3,4)29-26(5,6)16-19)21-23(33)22(24(21)34)32(14-12-2)20-17-27(7,8)30-28(9,10)18-20/h19-20,29-30H,11-18H2,1-10H3/p+1. The third-order valence-corrected chi connectivity index (χ3v) is 7.60. The van der Waals surface area contributed by atoms with Gasteiger partial charge >= 0.3 is 0 Å². The van der Waals surface area contributed by atoms with Gasteiger partial charge in [0.2, 0.25) is 5.75 Å². The molecule has 0 amide bonds. The van der Waals surface area contributed by atoms with Gasteiger partial charge in [0, 0.05) is 54.0 Å². The predicted molar refractivity (Wildman–Crippen MR) is 143 cm³/mol. The van der Waals surface area contributed by atoms with Crippen LogP contribution in [0.5, 0.6) is 5.75 Å². The first-order valence-electron chi connectivity index (χ1n) is 13.5. The summed E-state index contributed by atoms with van der Waals surface area (Å²) in [6.07, 6.45) is 5.69. The van der Waals surface area contributed by atoms with Crippen LogP contribution in [0.2, 0.25) is 0 Å². The van der Waals surface area contributed by atoms with Crippen molar-refractivity contribution in [3.05, 3.63) is 15.6 Å². The van der Waals surface area contributed by atoms with E-state index in [0.29, 0.717) is 11.0 Å². The van der Waals surface area contributed by atoms with E-state index in [1.165, 1.54) is 0 Å². The zero-order valence-corrected chi connectivity index (χ0v) is 23.6. The molecule has 0 saturated carbocycles. The molecule has 0 unspecified atom stereocenters. The SMILES string of the molecule is CCCN(c1c(O)c(=[N+](CCC)C2CC(C)(C)NC(C)(C)C2)c1=O)C1CC(C)(C)NC(C)(C)C1. The molecule has 1 aromatic carbocycles. The summed E-state index contributed by atoms with van der Waals surface area (Å²) in [4.78, 5) is 16.0. The van der Waals surface area contributed by atoms with Crippen molar-refractivity contribution in [3.8, 4) is 5.75 Å². The first kappa shape index (κ1) is 27.2. The molecule has 0 radical (unpaired) electrons. The minimum Gasteiger partial charge on any atom is -0.501 e. The molecule has 6 nitrogen and oxygen atoms in total. The fourth-order valence-electron chi connectivity index (χ4n) is 7.32. The van der Waals surface area contributed by atoms with Gasteiger partial charge in [0.1, 0.15) is 12.2 Å². The first-order chi connectivity index (χ1) is 15.5. The molecule has 3 rings (SSSR count). The minimum atomic E-state index is -0.0194. The lowest BCUT2D eigenvalue weighted by Gasteiger charge is -2.50. The third-order valence-electron chi connectivity index (χ3n) is 7.60. The van der Waals surface area contributed by atoms with E-state index in [9.17, 15) is 9.90 Å². The molecule has 0 atom stereocenters. The number of hydrogen-bond donors (Lipinski definition) is 3. The first-order valence-corrected chi connectivity index (χ1v) is 13.5. The fraction of sp³-hybridized carbons (Fsp3) is 0.857. The molecule has 2 aliphatic heterocycles. The molecular formula is C28H51N4O2+. The van der Waals surface area contributed by atoms with Crippen LogP contribution < -0.4 is 30.9 Å². The summed E-state index contributed by atoms with van der Waals surface area (Å²) < 4.78 is 2.23. The summed E-state index contributed by atoms with van der Waals surface area (Å²) in [7, 11) is 0. The molecule has 0 aromatic heterocycles. The average Bonchev–Trinajstić information content (AvgIpc) is 2.62. The fourth-order valence-corrected chi connectivity index (χ4v) is 7.32. The normalized spacial score (nSPS) is 25.4. The molecule has 2 aliphatic rings. The highest BCUT2D eigenvalue weighted by atomic mass is 16.3. The van der Waals surface area contributed by atoms with Gasteiger partial charge in [-0.3, -0.25) is 4.79 Å². The Kier molecular flexibility index (Phi) is 7.39. The van der Waals surface area contributed by atoms with Crippen molar-refractivity contribution in [1.82, 2.24) is 15.2 Å². The van der Waals surface area contributed by atoms with Crippen molar-refractivity contribution in [2.45, 2.75) is 142 Å². The van der Waals surface area contributed by atoms with Crippen LogP contribution in [0.1, 0.15) is 108 Å². The summed E-state index contributed by atoms with van der Waals surface area (Å²) in [5.41, 5.74) is 0.498. The maximum absolute atomic E-state index is 13.8. The lowest BCUT2D eigenvalue weighted by atomic mass is 9.78. The van der Waals surface area contributed by atoms with Crippen LogP contribution in [0.25, 0.3) is 0 Å². The van der Waals surface area contributed by atoms with Crippen molar-refractivity contribution >= 4 is 5.69 Å². The Labute approximate surface area is 207 Å². The minimum absolute atomic E-state index is 0.0194. The Bertz CT molecular complexity index is 934. The number of aromatic hydroxyl groups is 1. The lowest BCUT2D eigenvalue weighted by molar-refractivity contribution is 0.133. The monoisotopic (exact) mass is 475 g/mol. The number of rotatable bonds is 7. The smallest absolute Gasteiger partial charge is 0.294 e. The molecule has 194 valence electrons. The topological polar surface area (TPSA) is 67.6 Å². The van der Waals surface area contributed by atoms with Gasteiger partial charge in [-0.05, 0) is 74.7 Å². The largest absolute Gasteiger partial charge is 0.501 e. The Hall–Kier alpha value is -1.40. The molecule has 3 N–H and O–H groups in total. The van der Waals surface area contributed by atoms with Gasteiger partial charge in [-0.2, -0.15) is 0 Å². The molecular weight excluding hydrogens is 424 g/mol. The van der Waals surface area contributed by atoms with Gasteiger partial charge in [-0.25, -0.2) is 4.58 Å². The highest BCUT2D eigenvalue weighted by Crippen LogP contribution is 2.36. The number of nitrogens with zero attached hydrogens (tertiary/aromatic N) is 2. The van der Waals surface area contributed by atoms with Gasteiger partial charge in [0.05, 0.1) is 0 Å². The molecule has 2 saturated heterocycles. The zero-order valence-electron chi connectivity index (χ0n) is 23.6. The number of nitrogens with one attached hydrogen (secondary N) is 2. The van der Waals surface area contributed by atoms with Gasteiger partial charge in [0.15, 0.2) is 6.04 Å². The molecule has 2 fully saturated rings. The summed E-state index contributed by atoms with van der Waals surface area (Å²) >= 11 is 0. The average molecular weight is 476 g/mol. The van der Waals surface area contributed by atoms with Crippen molar-refractivity contribution < 1.29 is 5.11 Å². The third kappa shape index (κ3) is 5.70. The van der Waals surface area contributed by atoms with Crippen molar-refractivity contribution in [1.29, 1.82) is 0 Å². The second-order valence-electron chi connectivity index (χ2n) is 13.7. The van der Waals surface area contributed by atoms with Crippen molar-refractivity contribution in [2.75, 3.05) is 18.0 Å². The maximum Gasteiger partial charge on any atom is 0.294 e. The van der Waals surface area contributed by atoms with Crippen LogP contribution in [-0.2, 0) is 0 Å². The zero-order chi connectivity index (χ0) is 25.7. The van der Waals surface area contributed by atoms with Crippen LogP contribution in [-0.4, -0.2) is 52.4 Å². The van der Waals surface area contributed by atoms with E-state index in [0.717, 1.165) is 51.6 Å². The van der Waals surface area contributed by atoms with Gasteiger partial charge in [-0.15, -0.1) is 0 Å².